The molecule has 1 amide bonds. The van der Waals surface area contributed by atoms with Gasteiger partial charge in [-0.25, -0.2) is 0 Å². The lowest BCUT2D eigenvalue weighted by molar-refractivity contribution is -0.119. The maximum atomic E-state index is 12.7. The number of amides is 1. The predicted molar refractivity (Wildman–Crippen MR) is 121 cm³/mol. The van der Waals surface area contributed by atoms with E-state index in [1.807, 2.05) is 32.0 Å². The van der Waals surface area contributed by atoms with Crippen molar-refractivity contribution in [2.24, 2.45) is 0 Å². The molecule has 1 aliphatic heterocycles. The first-order valence-corrected chi connectivity index (χ1v) is 12.1. The molecule has 9 heteroatoms. The molecule has 0 bridgehead atoms. The van der Waals surface area contributed by atoms with Crippen LogP contribution in [0.5, 0.6) is 0 Å². The van der Waals surface area contributed by atoms with Gasteiger partial charge in [0.1, 0.15) is 0 Å². The van der Waals surface area contributed by atoms with Crippen LogP contribution in [-0.2, 0) is 9.53 Å². The van der Waals surface area contributed by atoms with Crippen LogP contribution in [0.2, 0.25) is 0 Å². The summed E-state index contributed by atoms with van der Waals surface area (Å²) in [7, 11) is 0. The molecule has 31 heavy (non-hydrogen) atoms. The van der Waals surface area contributed by atoms with Crippen LogP contribution in [0, 0.1) is 13.8 Å². The monoisotopic (exact) mass is 444 g/mol. The van der Waals surface area contributed by atoms with Crippen molar-refractivity contribution in [1.82, 2.24) is 30.4 Å². The molecule has 1 aliphatic carbocycles. The molecule has 0 unspecified atom stereocenters. The van der Waals surface area contributed by atoms with Crippen LogP contribution < -0.4 is 5.32 Å². The molecule has 4 rings (SSSR count). The lowest BCUT2D eigenvalue weighted by Crippen LogP contribution is -2.59. The number of thioether (sulfide) groups is 1. The topological polar surface area (TPSA) is 85.2 Å². The van der Waals surface area contributed by atoms with Crippen molar-refractivity contribution in [3.63, 3.8) is 0 Å². The number of carbonyl (C=O) groups is 1. The maximum absolute atomic E-state index is 12.7. The Balaban J connectivity index is 1.37. The van der Waals surface area contributed by atoms with E-state index in [1.54, 1.807) is 4.68 Å². The number of para-hydroxylation sites is 1. The second-order valence-corrected chi connectivity index (χ2v) is 9.51. The fourth-order valence-electron chi connectivity index (χ4n) is 4.85. The van der Waals surface area contributed by atoms with E-state index in [0.717, 1.165) is 56.0 Å². The van der Waals surface area contributed by atoms with Gasteiger partial charge in [-0.05, 0) is 48.2 Å². The summed E-state index contributed by atoms with van der Waals surface area (Å²) in [5.41, 5.74) is 3.25. The van der Waals surface area contributed by atoms with E-state index < -0.39 is 0 Å². The minimum absolute atomic E-state index is 0.0271. The van der Waals surface area contributed by atoms with Crippen LogP contribution >= 0.6 is 11.8 Å². The van der Waals surface area contributed by atoms with Crippen LogP contribution in [0.3, 0.4) is 0 Å². The largest absolute Gasteiger partial charge is 0.379 e. The Hall–Kier alpha value is -1.97. The average molecular weight is 445 g/mol. The van der Waals surface area contributed by atoms with Crippen molar-refractivity contribution in [3.05, 3.63) is 29.3 Å². The fourth-order valence-corrected chi connectivity index (χ4v) is 5.55. The van der Waals surface area contributed by atoms with Crippen molar-refractivity contribution < 1.29 is 9.53 Å². The summed E-state index contributed by atoms with van der Waals surface area (Å²) >= 11 is 1.38. The molecule has 0 spiro atoms. The number of benzene rings is 1. The molecule has 1 saturated heterocycles. The summed E-state index contributed by atoms with van der Waals surface area (Å²) < 4.78 is 7.29. The molecule has 2 aliphatic rings. The molecule has 168 valence electrons. The number of aromatic nitrogens is 4. The zero-order valence-electron chi connectivity index (χ0n) is 18.5. The number of nitrogens with one attached hydrogen (secondary N) is 1. The molecule has 1 aromatic carbocycles. The zero-order valence-corrected chi connectivity index (χ0v) is 19.3. The third kappa shape index (κ3) is 5.10. The molecular weight excluding hydrogens is 412 g/mol. The summed E-state index contributed by atoms with van der Waals surface area (Å²) in [6, 6.07) is 6.11. The molecule has 8 nitrogen and oxygen atoms in total. The number of hydrogen-bond acceptors (Lipinski definition) is 7. The highest BCUT2D eigenvalue weighted by atomic mass is 32.2. The number of morpholine rings is 1. The number of ether oxygens (including phenoxy) is 1. The van der Waals surface area contributed by atoms with Crippen LogP contribution in [0.15, 0.2) is 23.4 Å². The standard InChI is InChI=1S/C22H32N6O2S/c1-17-7-6-8-18(2)20(17)28-21(24-25-26-28)31-15-19(29)23-16-22(9-4-3-5-10-22)27-11-13-30-14-12-27/h6-8H,3-5,9-16H2,1-2H3,(H,23,29). The summed E-state index contributed by atoms with van der Waals surface area (Å²) in [6.07, 6.45) is 6.03. The van der Waals surface area contributed by atoms with Gasteiger partial charge >= 0.3 is 0 Å². The zero-order chi connectivity index (χ0) is 21.7. The SMILES string of the molecule is Cc1cccc(C)c1-n1nnnc1SCC(=O)NCC1(N2CCOCC2)CCCCC1. The van der Waals surface area contributed by atoms with Crippen molar-refractivity contribution in [1.29, 1.82) is 0 Å². The number of tetrazole rings is 1. The summed E-state index contributed by atoms with van der Waals surface area (Å²) in [6.45, 7) is 8.26. The number of rotatable bonds is 7. The van der Waals surface area contributed by atoms with Crippen LogP contribution in [-0.4, -0.2) is 75.2 Å². The molecule has 1 N–H and O–H groups in total. The molecule has 2 aromatic rings. The van der Waals surface area contributed by atoms with Crippen LogP contribution in [0.1, 0.15) is 43.2 Å². The van der Waals surface area contributed by atoms with E-state index in [9.17, 15) is 4.79 Å². The van der Waals surface area contributed by atoms with E-state index in [0.29, 0.717) is 17.5 Å². The van der Waals surface area contributed by atoms with Gasteiger partial charge in [0.05, 0.1) is 24.7 Å². The maximum Gasteiger partial charge on any atom is 0.230 e. The smallest absolute Gasteiger partial charge is 0.230 e. The van der Waals surface area contributed by atoms with Crippen LogP contribution in [0.25, 0.3) is 5.69 Å². The van der Waals surface area contributed by atoms with Gasteiger partial charge in [-0.1, -0.05) is 49.2 Å². The quantitative estimate of drug-likeness (QED) is 0.657. The van der Waals surface area contributed by atoms with E-state index in [4.69, 9.17) is 4.74 Å². The van der Waals surface area contributed by atoms with Crippen molar-refractivity contribution in [2.75, 3.05) is 38.6 Å². The second-order valence-electron chi connectivity index (χ2n) is 8.56. The molecule has 0 atom stereocenters. The Bertz CT molecular complexity index is 870. The molecule has 2 fully saturated rings. The van der Waals surface area contributed by atoms with E-state index in [1.165, 1.54) is 31.0 Å². The molecular formula is C22H32N6O2S. The molecule has 1 aromatic heterocycles. The van der Waals surface area contributed by atoms with E-state index >= 15 is 0 Å². The van der Waals surface area contributed by atoms with Gasteiger partial charge in [-0.15, -0.1) is 5.10 Å². The van der Waals surface area contributed by atoms with E-state index in [-0.39, 0.29) is 11.4 Å². The summed E-state index contributed by atoms with van der Waals surface area (Å²) in [5, 5.41) is 16.0. The normalized spacial score (nSPS) is 19.3. The highest BCUT2D eigenvalue weighted by Crippen LogP contribution is 2.34. The molecule has 0 radical (unpaired) electrons. The minimum Gasteiger partial charge on any atom is -0.379 e. The van der Waals surface area contributed by atoms with Crippen LogP contribution in [0.4, 0.5) is 0 Å². The molecule has 1 saturated carbocycles. The van der Waals surface area contributed by atoms with E-state index in [2.05, 4.69) is 25.7 Å². The van der Waals surface area contributed by atoms with Crippen molar-refractivity contribution >= 4 is 17.7 Å². The lowest BCUT2D eigenvalue weighted by atomic mass is 9.79. The number of carbonyl (C=O) groups excluding carboxylic acids is 1. The third-order valence-electron chi connectivity index (χ3n) is 6.51. The Morgan fingerprint density at radius 3 is 2.58 bits per heavy atom. The fraction of sp³-hybridized carbons (Fsp3) is 0.636. The van der Waals surface area contributed by atoms with Gasteiger partial charge in [0.2, 0.25) is 11.1 Å². The summed E-state index contributed by atoms with van der Waals surface area (Å²) in [5.74, 6) is 0.323. The van der Waals surface area contributed by atoms with Gasteiger partial charge in [0.25, 0.3) is 0 Å². The Labute approximate surface area is 188 Å². The number of aryl methyl sites for hydroxylation is 2. The van der Waals surface area contributed by atoms with Gasteiger partial charge in [-0.3, -0.25) is 9.69 Å². The van der Waals surface area contributed by atoms with Gasteiger partial charge in [-0.2, -0.15) is 4.68 Å². The Morgan fingerprint density at radius 2 is 1.87 bits per heavy atom. The molecule has 2 heterocycles. The lowest BCUT2D eigenvalue weighted by Gasteiger charge is -2.48. The summed E-state index contributed by atoms with van der Waals surface area (Å²) in [4.78, 5) is 15.3. The van der Waals surface area contributed by atoms with Gasteiger partial charge < -0.3 is 10.1 Å². The first-order valence-electron chi connectivity index (χ1n) is 11.2. The first kappa shape index (κ1) is 22.2. The average Bonchev–Trinajstić information content (AvgIpc) is 3.25. The van der Waals surface area contributed by atoms with Gasteiger partial charge in [0, 0.05) is 25.2 Å². The van der Waals surface area contributed by atoms with Crippen molar-refractivity contribution in [2.45, 2.75) is 56.6 Å². The Morgan fingerprint density at radius 1 is 1.16 bits per heavy atom. The minimum atomic E-state index is 0.0271. The second kappa shape index (κ2) is 10.1. The first-order chi connectivity index (χ1) is 15.1. The predicted octanol–water partition coefficient (Wildman–Crippen LogP) is 2.52. The number of hydrogen-bond donors (Lipinski definition) is 1. The number of nitrogens with zero attached hydrogens (tertiary/aromatic N) is 5. The highest BCUT2D eigenvalue weighted by Gasteiger charge is 2.38. The third-order valence-corrected chi connectivity index (χ3v) is 7.42. The van der Waals surface area contributed by atoms with Gasteiger partial charge in [0.15, 0.2) is 0 Å². The highest BCUT2D eigenvalue weighted by molar-refractivity contribution is 7.99. The van der Waals surface area contributed by atoms with Crippen molar-refractivity contribution in [3.8, 4) is 5.69 Å². The Kier molecular flexibility index (Phi) is 7.24.